The van der Waals surface area contributed by atoms with E-state index in [1.54, 1.807) is 0 Å². The third kappa shape index (κ3) is 3.86. The third-order valence-electron chi connectivity index (χ3n) is 3.22. The van der Waals surface area contributed by atoms with Gasteiger partial charge < -0.3 is 4.74 Å². The van der Waals surface area contributed by atoms with Crippen molar-refractivity contribution in [2.24, 2.45) is 0 Å². The molecule has 0 aromatic heterocycles. The Balaban J connectivity index is 2.09. The summed E-state index contributed by atoms with van der Waals surface area (Å²) in [6, 6.07) is 14.7. The van der Waals surface area contributed by atoms with E-state index in [1.165, 1.54) is 11.1 Å². The molecule has 2 aromatic carbocycles. The Morgan fingerprint density at radius 2 is 1.75 bits per heavy atom. The Morgan fingerprint density at radius 3 is 2.35 bits per heavy atom. The summed E-state index contributed by atoms with van der Waals surface area (Å²) >= 11 is 7.04. The molecule has 0 heterocycles. The van der Waals surface area contributed by atoms with Crippen LogP contribution in [-0.4, -0.2) is 0 Å². The molecule has 106 valence electrons. The second kappa shape index (κ2) is 7.28. The van der Waals surface area contributed by atoms with E-state index in [0.29, 0.717) is 12.5 Å². The van der Waals surface area contributed by atoms with E-state index in [2.05, 4.69) is 76.0 Å². The van der Waals surface area contributed by atoms with Crippen molar-refractivity contribution in [2.45, 2.75) is 31.7 Å². The van der Waals surface area contributed by atoms with Gasteiger partial charge in [-0.1, -0.05) is 66.2 Å². The maximum absolute atomic E-state index is 5.97. The summed E-state index contributed by atoms with van der Waals surface area (Å²) in [5.74, 6) is 1.48. The summed E-state index contributed by atoms with van der Waals surface area (Å²) in [5, 5.41) is 0.786. The van der Waals surface area contributed by atoms with Crippen molar-refractivity contribution < 1.29 is 4.74 Å². The van der Waals surface area contributed by atoms with Crippen LogP contribution in [0.2, 0.25) is 0 Å². The summed E-state index contributed by atoms with van der Waals surface area (Å²) in [6.07, 6.45) is 0. The molecule has 20 heavy (non-hydrogen) atoms. The van der Waals surface area contributed by atoms with Crippen LogP contribution in [0.3, 0.4) is 0 Å². The molecule has 3 heteroatoms. The van der Waals surface area contributed by atoms with Crippen LogP contribution in [0.4, 0.5) is 0 Å². The maximum Gasteiger partial charge on any atom is 0.138 e. The molecule has 0 aliphatic heterocycles. The molecule has 0 spiro atoms. The minimum Gasteiger partial charge on any atom is -0.487 e. The lowest BCUT2D eigenvalue weighted by Crippen LogP contribution is -1.99. The smallest absolute Gasteiger partial charge is 0.138 e. The van der Waals surface area contributed by atoms with Crippen LogP contribution in [0.5, 0.6) is 5.75 Å². The molecular formula is C17H18Br2O. The van der Waals surface area contributed by atoms with Crippen molar-refractivity contribution >= 4 is 31.9 Å². The average Bonchev–Trinajstić information content (AvgIpc) is 2.46. The fraction of sp³-hybridized carbons (Fsp3) is 0.294. The van der Waals surface area contributed by atoms with E-state index in [9.17, 15) is 0 Å². The van der Waals surface area contributed by atoms with Crippen LogP contribution < -0.4 is 4.74 Å². The van der Waals surface area contributed by atoms with E-state index in [0.717, 1.165) is 21.1 Å². The first kappa shape index (κ1) is 15.6. The molecule has 0 aliphatic carbocycles. The van der Waals surface area contributed by atoms with Gasteiger partial charge >= 0.3 is 0 Å². The summed E-state index contributed by atoms with van der Waals surface area (Å²) in [4.78, 5) is 0. The number of hydrogen-bond acceptors (Lipinski definition) is 1. The molecule has 0 fully saturated rings. The van der Waals surface area contributed by atoms with E-state index < -0.39 is 0 Å². The van der Waals surface area contributed by atoms with Gasteiger partial charge in [-0.2, -0.15) is 0 Å². The lowest BCUT2D eigenvalue weighted by Gasteiger charge is -2.13. The highest BCUT2D eigenvalue weighted by atomic mass is 79.9. The Hall–Kier alpha value is -0.800. The van der Waals surface area contributed by atoms with Crippen LogP contribution in [0, 0.1) is 0 Å². The molecule has 0 N–H and O–H groups in total. The monoisotopic (exact) mass is 396 g/mol. The zero-order chi connectivity index (χ0) is 14.5. The summed E-state index contributed by atoms with van der Waals surface area (Å²) in [5.41, 5.74) is 3.69. The van der Waals surface area contributed by atoms with Crippen molar-refractivity contribution in [3.05, 3.63) is 63.6 Å². The second-order valence-corrected chi connectivity index (χ2v) is 6.46. The van der Waals surface area contributed by atoms with Gasteiger partial charge in [0, 0.05) is 10.9 Å². The van der Waals surface area contributed by atoms with Crippen LogP contribution in [0.1, 0.15) is 36.5 Å². The van der Waals surface area contributed by atoms with Crippen molar-refractivity contribution in [1.82, 2.24) is 0 Å². The molecule has 0 amide bonds. The van der Waals surface area contributed by atoms with Gasteiger partial charge in [0.15, 0.2) is 0 Å². The molecule has 2 aromatic rings. The number of alkyl halides is 1. The molecule has 0 atom stereocenters. The van der Waals surface area contributed by atoms with Gasteiger partial charge in [-0.05, 0) is 39.0 Å². The van der Waals surface area contributed by atoms with Gasteiger partial charge in [0.1, 0.15) is 12.4 Å². The molecule has 2 rings (SSSR count). The first-order chi connectivity index (χ1) is 9.61. The second-order valence-electron chi connectivity index (χ2n) is 5.05. The highest BCUT2D eigenvalue weighted by Gasteiger charge is 2.07. The summed E-state index contributed by atoms with van der Waals surface area (Å²) in [6.45, 7) is 4.99. The summed E-state index contributed by atoms with van der Waals surface area (Å²) in [7, 11) is 0. The number of hydrogen-bond donors (Lipinski definition) is 0. The van der Waals surface area contributed by atoms with E-state index in [1.807, 2.05) is 12.1 Å². The minimum absolute atomic E-state index is 0.563. The van der Waals surface area contributed by atoms with Gasteiger partial charge in [-0.25, -0.2) is 0 Å². The molecule has 0 unspecified atom stereocenters. The quantitative estimate of drug-likeness (QED) is 0.558. The standard InChI is InChI=1S/C17H18Br2O/c1-12(2)14-8-6-13(7-9-14)11-20-17-15(10-18)4-3-5-16(17)19/h3-9,12H,10-11H2,1-2H3. The molecule has 0 saturated carbocycles. The Morgan fingerprint density at radius 1 is 1.05 bits per heavy atom. The van der Waals surface area contributed by atoms with Gasteiger partial charge in [0.25, 0.3) is 0 Å². The Kier molecular flexibility index (Phi) is 5.67. The van der Waals surface area contributed by atoms with Gasteiger partial charge in [0.05, 0.1) is 4.47 Å². The fourth-order valence-electron chi connectivity index (χ4n) is 1.97. The van der Waals surface area contributed by atoms with Gasteiger partial charge in [-0.15, -0.1) is 0 Å². The number of para-hydroxylation sites is 1. The first-order valence-corrected chi connectivity index (χ1v) is 8.58. The minimum atomic E-state index is 0.563. The zero-order valence-corrected chi connectivity index (χ0v) is 14.9. The van der Waals surface area contributed by atoms with Crippen LogP contribution >= 0.6 is 31.9 Å². The number of ether oxygens (including phenoxy) is 1. The Labute approximate surface area is 137 Å². The largest absolute Gasteiger partial charge is 0.487 e. The third-order valence-corrected chi connectivity index (χ3v) is 4.45. The number of rotatable bonds is 5. The normalized spacial score (nSPS) is 10.8. The van der Waals surface area contributed by atoms with Crippen molar-refractivity contribution in [3.8, 4) is 5.75 Å². The predicted octanol–water partition coefficient (Wildman–Crippen LogP) is 6.05. The fourth-order valence-corrected chi connectivity index (χ4v) is 2.94. The lowest BCUT2D eigenvalue weighted by molar-refractivity contribution is 0.302. The number of benzene rings is 2. The van der Waals surface area contributed by atoms with Crippen LogP contribution in [0.25, 0.3) is 0 Å². The van der Waals surface area contributed by atoms with E-state index in [-0.39, 0.29) is 0 Å². The number of halogens is 2. The van der Waals surface area contributed by atoms with E-state index >= 15 is 0 Å². The molecule has 0 bridgehead atoms. The SMILES string of the molecule is CC(C)c1ccc(COc2c(Br)cccc2CBr)cc1. The molecular weight excluding hydrogens is 380 g/mol. The van der Waals surface area contributed by atoms with Crippen molar-refractivity contribution in [3.63, 3.8) is 0 Å². The molecule has 0 aliphatic rings. The van der Waals surface area contributed by atoms with Crippen molar-refractivity contribution in [2.75, 3.05) is 0 Å². The molecule has 1 nitrogen and oxygen atoms in total. The molecule has 0 radical (unpaired) electrons. The maximum atomic E-state index is 5.97. The zero-order valence-electron chi connectivity index (χ0n) is 11.7. The molecule has 0 saturated heterocycles. The van der Waals surface area contributed by atoms with E-state index in [4.69, 9.17) is 4.74 Å². The van der Waals surface area contributed by atoms with Crippen molar-refractivity contribution in [1.29, 1.82) is 0 Å². The highest BCUT2D eigenvalue weighted by molar-refractivity contribution is 9.10. The van der Waals surface area contributed by atoms with Gasteiger partial charge in [-0.3, -0.25) is 0 Å². The van der Waals surface area contributed by atoms with Crippen LogP contribution in [-0.2, 0) is 11.9 Å². The highest BCUT2D eigenvalue weighted by Crippen LogP contribution is 2.31. The Bertz CT molecular complexity index is 562. The summed E-state index contributed by atoms with van der Waals surface area (Å²) < 4.78 is 6.96. The first-order valence-electron chi connectivity index (χ1n) is 6.66. The van der Waals surface area contributed by atoms with Crippen LogP contribution in [0.15, 0.2) is 46.9 Å². The van der Waals surface area contributed by atoms with Gasteiger partial charge in [0.2, 0.25) is 0 Å². The lowest BCUT2D eigenvalue weighted by atomic mass is 10.0. The topological polar surface area (TPSA) is 9.23 Å². The average molecular weight is 398 g/mol. The predicted molar refractivity (Wildman–Crippen MR) is 91.6 cm³/mol.